The Labute approximate surface area is 161 Å². The van der Waals surface area contributed by atoms with E-state index >= 15 is 0 Å². The number of benzene rings is 2. The highest BCUT2D eigenvalue weighted by Gasteiger charge is 2.11. The zero-order chi connectivity index (χ0) is 18.6. The molecule has 5 nitrogen and oxygen atoms in total. The fraction of sp³-hybridized carbons (Fsp3) is 0.143. The molecule has 0 amide bonds. The van der Waals surface area contributed by atoms with Crippen LogP contribution >= 0.6 is 11.3 Å². The van der Waals surface area contributed by atoms with Crippen LogP contribution in [0, 0.1) is 6.92 Å². The Morgan fingerprint density at radius 2 is 2.00 bits per heavy atom. The molecule has 27 heavy (non-hydrogen) atoms. The lowest BCUT2D eigenvalue weighted by atomic mass is 10.1. The SMILES string of the molecule is C=C(NCc1nnc(-c2cc3c(C)cccc3[nH]2)s1)OCc1ccccc1. The lowest BCUT2D eigenvalue weighted by Crippen LogP contribution is -2.14. The molecule has 2 aromatic carbocycles. The first-order chi connectivity index (χ1) is 13.2. The maximum Gasteiger partial charge on any atom is 0.179 e. The van der Waals surface area contributed by atoms with Gasteiger partial charge in [0, 0.05) is 10.9 Å². The van der Waals surface area contributed by atoms with Crippen LogP contribution in [-0.4, -0.2) is 15.2 Å². The molecule has 0 saturated heterocycles. The van der Waals surface area contributed by atoms with Gasteiger partial charge in [0.1, 0.15) is 11.6 Å². The summed E-state index contributed by atoms with van der Waals surface area (Å²) in [7, 11) is 0. The second-order valence-electron chi connectivity index (χ2n) is 6.27. The van der Waals surface area contributed by atoms with Gasteiger partial charge >= 0.3 is 0 Å². The molecule has 2 heterocycles. The van der Waals surface area contributed by atoms with Crippen LogP contribution < -0.4 is 5.32 Å². The van der Waals surface area contributed by atoms with Crippen molar-refractivity contribution in [1.29, 1.82) is 0 Å². The van der Waals surface area contributed by atoms with Crippen molar-refractivity contribution < 1.29 is 4.74 Å². The third kappa shape index (κ3) is 4.01. The lowest BCUT2D eigenvalue weighted by molar-refractivity contribution is 0.178. The fourth-order valence-electron chi connectivity index (χ4n) is 2.83. The Bertz CT molecular complexity index is 1070. The van der Waals surface area contributed by atoms with Crippen molar-refractivity contribution >= 4 is 22.2 Å². The van der Waals surface area contributed by atoms with E-state index in [4.69, 9.17) is 4.74 Å². The van der Waals surface area contributed by atoms with E-state index in [0.29, 0.717) is 19.0 Å². The third-order valence-electron chi connectivity index (χ3n) is 4.27. The first-order valence-corrected chi connectivity index (χ1v) is 9.51. The van der Waals surface area contributed by atoms with Crippen molar-refractivity contribution in [1.82, 2.24) is 20.5 Å². The van der Waals surface area contributed by atoms with Crippen molar-refractivity contribution in [3.8, 4) is 10.7 Å². The molecule has 0 bridgehead atoms. The van der Waals surface area contributed by atoms with Crippen LogP contribution in [0.1, 0.15) is 16.1 Å². The number of hydrogen-bond acceptors (Lipinski definition) is 5. The Hall–Kier alpha value is -3.12. The molecular formula is C21H20N4OS. The molecule has 2 aromatic heterocycles. The molecule has 0 aliphatic carbocycles. The summed E-state index contributed by atoms with van der Waals surface area (Å²) in [6.07, 6.45) is 0. The standard InChI is InChI=1S/C21H20N4OS/c1-14-7-6-10-18-17(14)11-19(23-18)21-25-24-20(27-21)12-22-15(2)26-13-16-8-4-3-5-9-16/h3-11,22-23H,2,12-13H2,1H3. The average molecular weight is 376 g/mol. The van der Waals surface area contributed by atoms with Crippen LogP contribution in [0.15, 0.2) is 67.1 Å². The Morgan fingerprint density at radius 3 is 2.81 bits per heavy atom. The first kappa shape index (κ1) is 17.3. The molecule has 4 rings (SSSR count). The van der Waals surface area contributed by atoms with Gasteiger partial charge in [-0.2, -0.15) is 0 Å². The number of nitrogens with zero attached hydrogens (tertiary/aromatic N) is 2. The van der Waals surface area contributed by atoms with Crippen LogP contribution in [0.3, 0.4) is 0 Å². The zero-order valence-corrected chi connectivity index (χ0v) is 15.8. The van der Waals surface area contributed by atoms with Gasteiger partial charge in [-0.25, -0.2) is 0 Å². The predicted octanol–water partition coefficient (Wildman–Crippen LogP) is 4.77. The summed E-state index contributed by atoms with van der Waals surface area (Å²) in [6.45, 7) is 7.03. The van der Waals surface area contributed by atoms with Crippen molar-refractivity contribution in [2.24, 2.45) is 0 Å². The van der Waals surface area contributed by atoms with Gasteiger partial charge < -0.3 is 15.0 Å². The predicted molar refractivity (Wildman–Crippen MR) is 109 cm³/mol. The zero-order valence-electron chi connectivity index (χ0n) is 15.0. The van der Waals surface area contributed by atoms with Gasteiger partial charge in [-0.05, 0) is 36.8 Å². The third-order valence-corrected chi connectivity index (χ3v) is 5.23. The molecule has 6 heteroatoms. The van der Waals surface area contributed by atoms with Crippen molar-refractivity contribution in [3.63, 3.8) is 0 Å². The van der Waals surface area contributed by atoms with E-state index in [1.54, 1.807) is 11.3 Å². The van der Waals surface area contributed by atoms with Gasteiger partial charge in [-0.15, -0.1) is 10.2 Å². The highest BCUT2D eigenvalue weighted by molar-refractivity contribution is 7.14. The van der Waals surface area contributed by atoms with Gasteiger partial charge in [-0.1, -0.05) is 53.8 Å². The first-order valence-electron chi connectivity index (χ1n) is 8.69. The summed E-state index contributed by atoms with van der Waals surface area (Å²) >= 11 is 1.55. The minimum atomic E-state index is 0.489. The Balaban J connectivity index is 1.36. The van der Waals surface area contributed by atoms with E-state index in [1.807, 2.05) is 30.3 Å². The quantitative estimate of drug-likeness (QED) is 0.456. The average Bonchev–Trinajstić information content (AvgIpc) is 3.33. The van der Waals surface area contributed by atoms with Gasteiger partial charge in [-0.3, -0.25) is 0 Å². The fourth-order valence-corrected chi connectivity index (χ4v) is 3.58. The number of hydrogen-bond donors (Lipinski definition) is 2. The van der Waals surface area contributed by atoms with E-state index in [2.05, 4.69) is 58.3 Å². The molecule has 0 radical (unpaired) electrons. The number of H-pyrrole nitrogens is 1. The van der Waals surface area contributed by atoms with Crippen LogP contribution in [0.4, 0.5) is 0 Å². The minimum Gasteiger partial charge on any atom is -0.475 e. The summed E-state index contributed by atoms with van der Waals surface area (Å²) in [6, 6.07) is 18.4. The van der Waals surface area contributed by atoms with E-state index < -0.39 is 0 Å². The highest BCUT2D eigenvalue weighted by atomic mass is 32.1. The number of aromatic nitrogens is 3. The number of rotatable bonds is 7. The summed E-state index contributed by atoms with van der Waals surface area (Å²) in [5, 5.41) is 14.7. The number of ether oxygens (including phenoxy) is 1. The van der Waals surface area contributed by atoms with Gasteiger partial charge in [0.05, 0.1) is 12.2 Å². The Kier molecular flexibility index (Phi) is 4.89. The van der Waals surface area contributed by atoms with Crippen molar-refractivity contribution in [2.75, 3.05) is 0 Å². The van der Waals surface area contributed by atoms with Crippen LogP contribution in [-0.2, 0) is 17.9 Å². The van der Waals surface area contributed by atoms with E-state index in [0.717, 1.165) is 26.8 Å². The van der Waals surface area contributed by atoms with E-state index in [-0.39, 0.29) is 0 Å². The topological polar surface area (TPSA) is 62.8 Å². The molecule has 0 fully saturated rings. The smallest absolute Gasteiger partial charge is 0.179 e. The molecule has 2 N–H and O–H groups in total. The maximum absolute atomic E-state index is 5.64. The molecule has 0 aliphatic rings. The van der Waals surface area contributed by atoms with Crippen molar-refractivity contribution in [3.05, 3.63) is 83.2 Å². The van der Waals surface area contributed by atoms with Gasteiger partial charge in [0.25, 0.3) is 0 Å². The second-order valence-corrected chi connectivity index (χ2v) is 7.33. The molecule has 4 aromatic rings. The second kappa shape index (κ2) is 7.63. The monoisotopic (exact) mass is 376 g/mol. The van der Waals surface area contributed by atoms with Crippen LogP contribution in [0.25, 0.3) is 21.6 Å². The lowest BCUT2D eigenvalue weighted by Gasteiger charge is -2.10. The molecule has 0 aliphatic heterocycles. The summed E-state index contributed by atoms with van der Waals surface area (Å²) < 4.78 is 5.64. The van der Waals surface area contributed by atoms with Gasteiger partial charge in [0.2, 0.25) is 0 Å². The van der Waals surface area contributed by atoms with Gasteiger partial charge in [0.15, 0.2) is 10.9 Å². The summed E-state index contributed by atoms with van der Waals surface area (Å²) in [4.78, 5) is 3.41. The number of aromatic amines is 1. The minimum absolute atomic E-state index is 0.489. The van der Waals surface area contributed by atoms with Crippen LogP contribution in [0.2, 0.25) is 0 Å². The molecule has 0 saturated carbocycles. The number of fused-ring (bicyclic) bond motifs is 1. The highest BCUT2D eigenvalue weighted by Crippen LogP contribution is 2.28. The normalized spacial score (nSPS) is 10.9. The largest absolute Gasteiger partial charge is 0.475 e. The maximum atomic E-state index is 5.64. The molecular weight excluding hydrogens is 356 g/mol. The molecule has 0 atom stereocenters. The number of nitrogens with one attached hydrogen (secondary N) is 2. The number of aryl methyl sites for hydroxylation is 1. The van der Waals surface area contributed by atoms with E-state index in [9.17, 15) is 0 Å². The summed E-state index contributed by atoms with van der Waals surface area (Å²) in [5.74, 6) is 0.525. The van der Waals surface area contributed by atoms with Crippen LogP contribution in [0.5, 0.6) is 0 Å². The molecule has 0 spiro atoms. The van der Waals surface area contributed by atoms with E-state index in [1.165, 1.54) is 10.9 Å². The summed E-state index contributed by atoms with van der Waals surface area (Å²) in [5.41, 5.74) is 4.45. The molecule has 0 unspecified atom stereocenters. The molecule has 136 valence electrons. The van der Waals surface area contributed by atoms with Crippen molar-refractivity contribution in [2.45, 2.75) is 20.1 Å². The Morgan fingerprint density at radius 1 is 1.15 bits per heavy atom.